The van der Waals surface area contributed by atoms with Gasteiger partial charge < -0.3 is 4.90 Å². The molecule has 0 aliphatic carbocycles. The molecular weight excluding hydrogens is 374 g/mol. The van der Waals surface area contributed by atoms with Crippen LogP contribution in [0.5, 0.6) is 0 Å². The van der Waals surface area contributed by atoms with Crippen molar-refractivity contribution in [1.82, 2.24) is 0 Å². The Bertz CT molecular complexity index is 875. The second-order valence-corrected chi connectivity index (χ2v) is 8.77. The first-order valence-electron chi connectivity index (χ1n) is 12.3. The first-order chi connectivity index (χ1) is 15.2. The van der Waals surface area contributed by atoms with Gasteiger partial charge >= 0.3 is 0 Å². The van der Waals surface area contributed by atoms with Crippen molar-refractivity contribution in [1.29, 1.82) is 0 Å². The van der Waals surface area contributed by atoms with Crippen LogP contribution in [0.4, 0.5) is 17.1 Å². The molecule has 0 heterocycles. The van der Waals surface area contributed by atoms with E-state index < -0.39 is 0 Å². The third-order valence-corrected chi connectivity index (χ3v) is 6.07. The van der Waals surface area contributed by atoms with Gasteiger partial charge in [0.05, 0.1) is 0 Å². The van der Waals surface area contributed by atoms with Gasteiger partial charge in [-0.3, -0.25) is 0 Å². The Morgan fingerprint density at radius 1 is 0.484 bits per heavy atom. The molecule has 0 fully saturated rings. The van der Waals surface area contributed by atoms with Gasteiger partial charge in [-0.2, -0.15) is 0 Å². The number of aryl methyl sites for hydroxylation is 3. The highest BCUT2D eigenvalue weighted by Crippen LogP contribution is 2.35. The Hall–Kier alpha value is -2.54. The molecule has 164 valence electrons. The largest absolute Gasteiger partial charge is 0.311 e. The van der Waals surface area contributed by atoms with Crippen molar-refractivity contribution in [2.45, 2.75) is 78.6 Å². The molecule has 0 unspecified atom stereocenters. The molecule has 0 bridgehead atoms. The van der Waals surface area contributed by atoms with E-state index in [0.717, 1.165) is 0 Å². The van der Waals surface area contributed by atoms with Crippen molar-refractivity contribution in [3.05, 3.63) is 89.5 Å². The molecule has 0 amide bonds. The predicted octanol–water partition coefficient (Wildman–Crippen LogP) is 9.32. The van der Waals surface area contributed by atoms with Crippen molar-refractivity contribution < 1.29 is 0 Å². The van der Waals surface area contributed by atoms with Gasteiger partial charge in [0.2, 0.25) is 0 Å². The van der Waals surface area contributed by atoms with E-state index in [1.54, 1.807) is 0 Å². The molecule has 1 heteroatoms. The third kappa shape index (κ3) is 6.99. The number of hydrogen-bond acceptors (Lipinski definition) is 1. The zero-order valence-corrected chi connectivity index (χ0v) is 19.7. The molecule has 31 heavy (non-hydrogen) atoms. The molecule has 0 radical (unpaired) electrons. The Kier molecular flexibility index (Phi) is 9.21. The molecule has 3 rings (SSSR count). The zero-order valence-electron chi connectivity index (χ0n) is 19.7. The summed E-state index contributed by atoms with van der Waals surface area (Å²) in [5.41, 5.74) is 7.81. The van der Waals surface area contributed by atoms with Crippen LogP contribution in [-0.2, 0) is 12.8 Å². The van der Waals surface area contributed by atoms with E-state index in [2.05, 4.69) is 98.5 Å². The van der Waals surface area contributed by atoms with E-state index in [4.69, 9.17) is 0 Å². The van der Waals surface area contributed by atoms with E-state index in [9.17, 15) is 0 Å². The minimum Gasteiger partial charge on any atom is -0.311 e. The van der Waals surface area contributed by atoms with Crippen LogP contribution >= 0.6 is 0 Å². The molecule has 0 spiro atoms. The number of benzene rings is 3. The van der Waals surface area contributed by atoms with Crippen LogP contribution in [0.1, 0.15) is 75.5 Å². The van der Waals surface area contributed by atoms with Crippen molar-refractivity contribution in [3.63, 3.8) is 0 Å². The van der Waals surface area contributed by atoms with Crippen LogP contribution in [0.2, 0.25) is 0 Å². The number of unbranched alkanes of at least 4 members (excludes halogenated alkanes) is 5. The molecule has 0 saturated heterocycles. The fourth-order valence-electron chi connectivity index (χ4n) is 4.10. The van der Waals surface area contributed by atoms with Gasteiger partial charge in [-0.1, -0.05) is 87.9 Å². The van der Waals surface area contributed by atoms with Gasteiger partial charge in [0.1, 0.15) is 0 Å². The fourth-order valence-corrected chi connectivity index (χ4v) is 4.10. The zero-order chi connectivity index (χ0) is 21.9. The maximum absolute atomic E-state index is 2.37. The summed E-state index contributed by atoms with van der Waals surface area (Å²) in [5.74, 6) is 0. The fraction of sp³-hybridized carbons (Fsp3) is 0.400. The summed E-state index contributed by atoms with van der Waals surface area (Å²) in [6.45, 7) is 6.68. The molecule has 0 N–H and O–H groups in total. The molecule has 0 atom stereocenters. The van der Waals surface area contributed by atoms with E-state index in [1.165, 1.54) is 91.5 Å². The molecule has 1 nitrogen and oxygen atoms in total. The third-order valence-electron chi connectivity index (χ3n) is 6.07. The summed E-state index contributed by atoms with van der Waals surface area (Å²) in [5, 5.41) is 0. The summed E-state index contributed by atoms with van der Waals surface area (Å²) in [6.07, 6.45) is 11.5. The molecular formula is C30H39N. The van der Waals surface area contributed by atoms with Crippen LogP contribution < -0.4 is 4.90 Å². The molecule has 0 aliphatic heterocycles. The predicted molar refractivity (Wildman–Crippen MR) is 137 cm³/mol. The van der Waals surface area contributed by atoms with Crippen molar-refractivity contribution in [3.8, 4) is 0 Å². The molecule has 3 aromatic rings. The summed E-state index contributed by atoms with van der Waals surface area (Å²) < 4.78 is 0. The smallest absolute Gasteiger partial charge is 0.0461 e. The maximum atomic E-state index is 2.37. The highest BCUT2D eigenvalue weighted by Gasteiger charge is 2.12. The Labute approximate surface area is 190 Å². The van der Waals surface area contributed by atoms with E-state index in [1.807, 2.05) is 0 Å². The maximum Gasteiger partial charge on any atom is 0.0461 e. The second-order valence-electron chi connectivity index (χ2n) is 8.77. The summed E-state index contributed by atoms with van der Waals surface area (Å²) in [7, 11) is 0. The van der Waals surface area contributed by atoms with Gasteiger partial charge in [-0.05, 0) is 80.1 Å². The van der Waals surface area contributed by atoms with Crippen LogP contribution in [0.3, 0.4) is 0 Å². The quantitative estimate of drug-likeness (QED) is 0.267. The number of hydrogen-bond donors (Lipinski definition) is 0. The monoisotopic (exact) mass is 413 g/mol. The summed E-state index contributed by atoms with van der Waals surface area (Å²) >= 11 is 0. The van der Waals surface area contributed by atoms with Gasteiger partial charge in [0, 0.05) is 17.1 Å². The van der Waals surface area contributed by atoms with E-state index in [-0.39, 0.29) is 0 Å². The highest BCUT2D eigenvalue weighted by atomic mass is 15.1. The van der Waals surface area contributed by atoms with Crippen molar-refractivity contribution >= 4 is 17.1 Å². The lowest BCUT2D eigenvalue weighted by Crippen LogP contribution is -2.10. The van der Waals surface area contributed by atoms with Crippen molar-refractivity contribution in [2.75, 3.05) is 4.90 Å². The van der Waals surface area contributed by atoms with Gasteiger partial charge in [0.25, 0.3) is 0 Å². The Morgan fingerprint density at radius 2 is 0.871 bits per heavy atom. The number of rotatable bonds is 12. The van der Waals surface area contributed by atoms with Crippen LogP contribution in [0.25, 0.3) is 0 Å². The standard InChI is InChI=1S/C30H39N/c1-4-6-8-10-12-27-17-23-30(24-18-27)31(28-19-13-25(3)14-20-28)29-21-15-26(16-22-29)11-9-7-5-2/h13-24H,4-12H2,1-3H3. The minimum absolute atomic E-state index is 1.17. The van der Waals surface area contributed by atoms with E-state index >= 15 is 0 Å². The van der Waals surface area contributed by atoms with Crippen molar-refractivity contribution in [2.24, 2.45) is 0 Å². The van der Waals surface area contributed by atoms with Gasteiger partial charge in [0.15, 0.2) is 0 Å². The topological polar surface area (TPSA) is 3.24 Å². The average Bonchev–Trinajstić information content (AvgIpc) is 2.80. The lowest BCUT2D eigenvalue weighted by molar-refractivity contribution is 0.667. The first-order valence-corrected chi connectivity index (χ1v) is 12.3. The minimum atomic E-state index is 1.17. The van der Waals surface area contributed by atoms with Gasteiger partial charge in [-0.15, -0.1) is 0 Å². The first kappa shape index (κ1) is 23.1. The van der Waals surface area contributed by atoms with E-state index in [0.29, 0.717) is 0 Å². The average molecular weight is 414 g/mol. The molecule has 0 saturated carbocycles. The summed E-state index contributed by atoms with van der Waals surface area (Å²) in [4.78, 5) is 2.37. The van der Waals surface area contributed by atoms with Crippen LogP contribution in [-0.4, -0.2) is 0 Å². The SMILES string of the molecule is CCCCCCc1ccc(N(c2ccc(C)cc2)c2ccc(CCCCC)cc2)cc1. The number of anilines is 3. The Morgan fingerprint density at radius 3 is 1.32 bits per heavy atom. The highest BCUT2D eigenvalue weighted by molar-refractivity contribution is 5.76. The molecule has 0 aliphatic rings. The van der Waals surface area contributed by atoms with Crippen LogP contribution in [0.15, 0.2) is 72.8 Å². The lowest BCUT2D eigenvalue weighted by Gasteiger charge is -2.26. The number of nitrogens with zero attached hydrogens (tertiary/aromatic N) is 1. The second kappa shape index (κ2) is 12.3. The normalized spacial score (nSPS) is 10.9. The summed E-state index contributed by atoms with van der Waals surface area (Å²) in [6, 6.07) is 27.2. The van der Waals surface area contributed by atoms with Gasteiger partial charge in [-0.25, -0.2) is 0 Å². The lowest BCUT2D eigenvalue weighted by atomic mass is 10.0. The van der Waals surface area contributed by atoms with Crippen LogP contribution in [0, 0.1) is 6.92 Å². The Balaban J connectivity index is 1.81. The molecule has 3 aromatic carbocycles. The molecule has 0 aromatic heterocycles.